The van der Waals surface area contributed by atoms with Gasteiger partial charge in [0.15, 0.2) is 0 Å². The highest BCUT2D eigenvalue weighted by molar-refractivity contribution is 6.48. The zero-order valence-electron chi connectivity index (χ0n) is 25.2. The van der Waals surface area contributed by atoms with Gasteiger partial charge < -0.3 is 31.0 Å². The lowest BCUT2D eigenvalue weighted by Gasteiger charge is -2.64. The summed E-state index contributed by atoms with van der Waals surface area (Å²) in [5, 5.41) is 17.5. The highest BCUT2D eigenvalue weighted by atomic mass is 16.7. The van der Waals surface area contributed by atoms with E-state index in [4.69, 9.17) is 20.2 Å². The number of nitrogens with one attached hydrogen (secondary N) is 4. The van der Waals surface area contributed by atoms with Crippen molar-refractivity contribution >= 4 is 24.9 Å². The molecule has 7 atom stereocenters. The molecule has 0 aromatic heterocycles. The molecular weight excluding hydrogens is 529 g/mol. The van der Waals surface area contributed by atoms with Crippen LogP contribution in [0.1, 0.15) is 86.0 Å². The van der Waals surface area contributed by atoms with Gasteiger partial charge in [-0.1, -0.05) is 34.1 Å². The zero-order chi connectivity index (χ0) is 29.9. The van der Waals surface area contributed by atoms with Gasteiger partial charge in [-0.25, -0.2) is 10.2 Å². The summed E-state index contributed by atoms with van der Waals surface area (Å²) < 4.78 is 13.2. The fraction of sp³-hybridized carbons (Fsp3) is 0.889. The number of aliphatic imine (C=N–C) groups is 1. The van der Waals surface area contributed by atoms with Crippen LogP contribution in [0.3, 0.4) is 0 Å². The van der Waals surface area contributed by atoms with E-state index in [9.17, 15) is 14.5 Å². The van der Waals surface area contributed by atoms with E-state index in [1.54, 1.807) is 0 Å². The van der Waals surface area contributed by atoms with Crippen LogP contribution in [0.5, 0.6) is 0 Å². The van der Waals surface area contributed by atoms with Crippen LogP contribution < -0.4 is 27.1 Å². The molecule has 2 amide bonds. The van der Waals surface area contributed by atoms with E-state index < -0.39 is 18.2 Å². The monoisotopic (exact) mass is 578 g/mol. The normalized spacial score (nSPS) is 32.0. The molecule has 2 heterocycles. The van der Waals surface area contributed by atoms with Gasteiger partial charge in [-0.15, -0.1) is 0 Å². The van der Waals surface area contributed by atoms with Crippen molar-refractivity contribution in [3.05, 3.63) is 4.91 Å². The summed E-state index contributed by atoms with van der Waals surface area (Å²) in [6.07, 6.45) is 6.19. The van der Waals surface area contributed by atoms with E-state index in [0.717, 1.165) is 38.6 Å². The van der Waals surface area contributed by atoms with Crippen LogP contribution in [0.25, 0.3) is 0 Å². The number of nitrogens with zero attached hydrogens (tertiary/aromatic N) is 2. The number of hydrazine groups is 1. The number of amides is 2. The second-order valence-corrected chi connectivity index (χ2v) is 13.4. The van der Waals surface area contributed by atoms with Gasteiger partial charge in [0, 0.05) is 6.54 Å². The van der Waals surface area contributed by atoms with Crippen molar-refractivity contribution in [3.63, 3.8) is 0 Å². The molecule has 0 spiro atoms. The van der Waals surface area contributed by atoms with Crippen molar-refractivity contribution in [2.45, 2.75) is 116 Å². The van der Waals surface area contributed by atoms with Crippen LogP contribution in [-0.4, -0.2) is 78.0 Å². The third kappa shape index (κ3) is 7.14. The Labute approximate surface area is 243 Å². The largest absolute Gasteiger partial charge is 0.481 e. The first-order chi connectivity index (χ1) is 19.3. The molecule has 41 heavy (non-hydrogen) atoms. The molecule has 2 saturated heterocycles. The standard InChI is InChI=1S/C27H48BN7O6/c1-16(2)13-22(28-40-21-15-17-14-20(26(17,3)4)27(21,5)41-28)33-24(37)19(10-8-12-31-25(29)34-35(38)39)32-23(36)18-9-6-7-11-30-18/h16-22,30H,6-15H2,1-5H3,(H5-,29,31,32,33,34,36,37,38,39)/p+1/t17-,18?,19-,20-,21+,22-,27-/m0/s1. The van der Waals surface area contributed by atoms with E-state index >= 15 is 0 Å². The smallest absolute Gasteiger partial charge is 0.404 e. The second kappa shape index (κ2) is 12.8. The molecule has 13 nitrogen and oxygen atoms in total. The van der Waals surface area contributed by atoms with Crippen molar-refractivity contribution in [2.75, 3.05) is 13.1 Å². The van der Waals surface area contributed by atoms with E-state index in [1.807, 2.05) is 5.43 Å². The number of hydrogen-bond donors (Lipinski definition) is 6. The maximum absolute atomic E-state index is 13.7. The SMILES string of the molecule is CC(C)C[C@H](NC(=O)[C@H](CCCN=C(N)N[N+](=O)O)NC(=O)C1CCCCN1)B1O[C@@H]2C[C@@H]3C[C@@H](C3(C)C)[C@]2(C)O1. The maximum atomic E-state index is 13.7. The third-order valence-electron chi connectivity index (χ3n) is 9.75. The van der Waals surface area contributed by atoms with Crippen LogP contribution >= 0.6 is 0 Å². The number of hydrogen-bond acceptors (Lipinski definition) is 7. The maximum Gasteiger partial charge on any atom is 0.481 e. The Hall–Kier alpha value is -2.45. The second-order valence-electron chi connectivity index (χ2n) is 13.4. The Morgan fingerprint density at radius 3 is 2.61 bits per heavy atom. The summed E-state index contributed by atoms with van der Waals surface area (Å²) in [6.45, 7) is 12.0. The van der Waals surface area contributed by atoms with Crippen LogP contribution in [0.15, 0.2) is 4.99 Å². The molecule has 5 fully saturated rings. The first kappa shape index (κ1) is 31.5. The minimum atomic E-state index is -0.801. The Balaban J connectivity index is 1.43. The lowest BCUT2D eigenvalue weighted by Crippen LogP contribution is -2.65. The summed E-state index contributed by atoms with van der Waals surface area (Å²) in [4.78, 5) is 41.5. The van der Waals surface area contributed by atoms with Gasteiger partial charge >= 0.3 is 12.2 Å². The molecule has 0 radical (unpaired) electrons. The van der Waals surface area contributed by atoms with Crippen LogP contribution in [0.4, 0.5) is 0 Å². The third-order valence-corrected chi connectivity index (χ3v) is 9.75. The number of carbonyl (C=O) groups excluding carboxylic acids is 2. The number of rotatable bonds is 12. The molecule has 230 valence electrons. The van der Waals surface area contributed by atoms with Crippen molar-refractivity contribution in [1.29, 1.82) is 0 Å². The van der Waals surface area contributed by atoms with Crippen LogP contribution in [0, 0.1) is 28.1 Å². The molecule has 0 aromatic rings. The minimum Gasteiger partial charge on any atom is -0.404 e. The first-order valence-electron chi connectivity index (χ1n) is 15.2. The Morgan fingerprint density at radius 1 is 1.22 bits per heavy atom. The van der Waals surface area contributed by atoms with Gasteiger partial charge in [0.2, 0.25) is 11.8 Å². The molecule has 5 aliphatic rings. The molecular formula is C27H49BN7O6+. The molecule has 2 bridgehead atoms. The summed E-state index contributed by atoms with van der Waals surface area (Å²) in [5.74, 6) is 0.199. The molecule has 3 aliphatic carbocycles. The van der Waals surface area contributed by atoms with E-state index in [-0.39, 0.29) is 59.3 Å². The fourth-order valence-corrected chi connectivity index (χ4v) is 7.35. The molecule has 1 unspecified atom stereocenters. The van der Waals surface area contributed by atoms with E-state index in [0.29, 0.717) is 31.1 Å². The van der Waals surface area contributed by atoms with Gasteiger partial charge in [-0.3, -0.25) is 9.59 Å². The lowest BCUT2D eigenvalue weighted by atomic mass is 9.43. The molecule has 2 aliphatic heterocycles. The van der Waals surface area contributed by atoms with Gasteiger partial charge in [0.1, 0.15) is 10.9 Å². The van der Waals surface area contributed by atoms with Gasteiger partial charge in [0.05, 0.1) is 23.7 Å². The quantitative estimate of drug-likeness (QED) is 0.0652. The molecule has 5 rings (SSSR count). The minimum absolute atomic E-state index is 0.00427. The summed E-state index contributed by atoms with van der Waals surface area (Å²) in [7, 11) is -0.563. The first-order valence-corrected chi connectivity index (χ1v) is 15.2. The number of nitrogens with two attached hydrogens (primary N) is 1. The summed E-state index contributed by atoms with van der Waals surface area (Å²) in [6, 6.07) is -1.14. The van der Waals surface area contributed by atoms with Crippen molar-refractivity contribution in [2.24, 2.45) is 33.9 Å². The highest BCUT2D eigenvalue weighted by Crippen LogP contribution is 2.65. The topological polar surface area (TPSA) is 179 Å². The number of guanidine groups is 1. The summed E-state index contributed by atoms with van der Waals surface area (Å²) >= 11 is 0. The molecule has 14 heteroatoms. The van der Waals surface area contributed by atoms with Gasteiger partial charge in [-0.05, 0) is 87.0 Å². The van der Waals surface area contributed by atoms with Crippen molar-refractivity contribution < 1.29 is 29.1 Å². The molecule has 0 aromatic carbocycles. The highest BCUT2D eigenvalue weighted by Gasteiger charge is 2.68. The predicted octanol–water partition coefficient (Wildman–Crippen LogP) is 1.18. The average molecular weight is 579 g/mol. The lowest BCUT2D eigenvalue weighted by molar-refractivity contribution is -0.822. The van der Waals surface area contributed by atoms with E-state index in [2.05, 4.69) is 55.6 Å². The van der Waals surface area contributed by atoms with Crippen molar-refractivity contribution in [1.82, 2.24) is 21.4 Å². The average Bonchev–Trinajstić information content (AvgIpc) is 3.26. The molecule has 7 N–H and O–H groups in total. The van der Waals surface area contributed by atoms with Crippen LogP contribution in [-0.2, 0) is 18.9 Å². The van der Waals surface area contributed by atoms with Gasteiger partial charge in [0.25, 0.3) is 5.96 Å². The number of carbonyl (C=O) groups is 2. The predicted molar refractivity (Wildman–Crippen MR) is 153 cm³/mol. The fourth-order valence-electron chi connectivity index (χ4n) is 7.35. The van der Waals surface area contributed by atoms with Crippen LogP contribution in [0.2, 0.25) is 0 Å². The van der Waals surface area contributed by atoms with E-state index in [1.165, 1.54) is 0 Å². The summed E-state index contributed by atoms with van der Waals surface area (Å²) in [5.41, 5.74) is 7.30. The van der Waals surface area contributed by atoms with Gasteiger partial charge in [-0.2, -0.15) is 0 Å². The zero-order valence-corrected chi connectivity index (χ0v) is 25.2. The Kier molecular flexibility index (Phi) is 9.85. The Bertz CT molecular complexity index is 1010. The number of piperidine rings is 1. The Morgan fingerprint density at radius 2 is 1.98 bits per heavy atom. The van der Waals surface area contributed by atoms with Crippen molar-refractivity contribution in [3.8, 4) is 0 Å². The molecule has 3 saturated carbocycles.